The second-order valence-corrected chi connectivity index (χ2v) is 4.22. The molecular formula is C9H13F3N2S. The van der Waals surface area contributed by atoms with Crippen LogP contribution < -0.4 is 11.3 Å². The van der Waals surface area contributed by atoms with Crippen LogP contribution in [0.2, 0.25) is 0 Å². The van der Waals surface area contributed by atoms with Crippen molar-refractivity contribution in [2.45, 2.75) is 31.5 Å². The number of rotatable bonds is 5. The second kappa shape index (κ2) is 5.48. The SMILES string of the molecule is NNC(CCCC(F)(F)F)c1cccs1. The van der Waals surface area contributed by atoms with Crippen molar-refractivity contribution in [1.82, 2.24) is 5.43 Å². The van der Waals surface area contributed by atoms with Crippen molar-refractivity contribution in [2.75, 3.05) is 0 Å². The molecule has 15 heavy (non-hydrogen) atoms. The fraction of sp³-hybridized carbons (Fsp3) is 0.556. The molecule has 3 N–H and O–H groups in total. The largest absolute Gasteiger partial charge is 0.389 e. The molecule has 0 fully saturated rings. The Morgan fingerprint density at radius 3 is 2.67 bits per heavy atom. The van der Waals surface area contributed by atoms with E-state index >= 15 is 0 Å². The van der Waals surface area contributed by atoms with Gasteiger partial charge >= 0.3 is 6.18 Å². The number of alkyl halides is 3. The van der Waals surface area contributed by atoms with Gasteiger partial charge in [0.1, 0.15) is 0 Å². The zero-order valence-electron chi connectivity index (χ0n) is 8.05. The fourth-order valence-corrected chi connectivity index (χ4v) is 2.13. The summed E-state index contributed by atoms with van der Waals surface area (Å²) in [5.41, 5.74) is 2.53. The highest BCUT2D eigenvalue weighted by molar-refractivity contribution is 7.10. The summed E-state index contributed by atoms with van der Waals surface area (Å²) in [6, 6.07) is 3.55. The Morgan fingerprint density at radius 2 is 2.20 bits per heavy atom. The van der Waals surface area contributed by atoms with E-state index in [1.54, 1.807) is 0 Å². The number of hydrogen-bond acceptors (Lipinski definition) is 3. The Labute approximate surface area is 90.3 Å². The van der Waals surface area contributed by atoms with Gasteiger partial charge in [-0.1, -0.05) is 6.07 Å². The Bertz CT molecular complexity index is 271. The third-order valence-corrected chi connectivity index (χ3v) is 3.03. The molecule has 6 heteroatoms. The summed E-state index contributed by atoms with van der Waals surface area (Å²) >= 11 is 1.49. The minimum Gasteiger partial charge on any atom is -0.271 e. The molecule has 0 amide bonds. The van der Waals surface area contributed by atoms with Gasteiger partial charge in [0, 0.05) is 11.3 Å². The highest BCUT2D eigenvalue weighted by Crippen LogP contribution is 2.27. The Balaban J connectivity index is 2.36. The second-order valence-electron chi connectivity index (χ2n) is 3.24. The van der Waals surface area contributed by atoms with Crippen molar-refractivity contribution in [1.29, 1.82) is 0 Å². The fourth-order valence-electron chi connectivity index (χ4n) is 1.30. The molecule has 0 aliphatic carbocycles. The van der Waals surface area contributed by atoms with Gasteiger partial charge in [0.25, 0.3) is 0 Å². The quantitative estimate of drug-likeness (QED) is 0.611. The van der Waals surface area contributed by atoms with Gasteiger partial charge in [0.2, 0.25) is 0 Å². The van der Waals surface area contributed by atoms with Gasteiger partial charge in [0.15, 0.2) is 0 Å². The molecular weight excluding hydrogens is 225 g/mol. The smallest absolute Gasteiger partial charge is 0.271 e. The van der Waals surface area contributed by atoms with E-state index in [1.165, 1.54) is 11.3 Å². The van der Waals surface area contributed by atoms with E-state index in [9.17, 15) is 13.2 Å². The maximum Gasteiger partial charge on any atom is 0.389 e. The van der Waals surface area contributed by atoms with Crippen molar-refractivity contribution < 1.29 is 13.2 Å². The third kappa shape index (κ3) is 4.63. The molecule has 86 valence electrons. The van der Waals surface area contributed by atoms with Crippen molar-refractivity contribution in [3.63, 3.8) is 0 Å². The zero-order valence-corrected chi connectivity index (χ0v) is 8.87. The maximum atomic E-state index is 11.9. The molecule has 1 aromatic rings. The minimum absolute atomic E-state index is 0.0935. The van der Waals surface area contributed by atoms with Gasteiger partial charge in [-0.25, -0.2) is 0 Å². The normalized spacial score (nSPS) is 14.1. The average Bonchev–Trinajstić information content (AvgIpc) is 2.63. The van der Waals surface area contributed by atoms with Gasteiger partial charge < -0.3 is 0 Å². The molecule has 2 nitrogen and oxygen atoms in total. The summed E-state index contributed by atoms with van der Waals surface area (Å²) in [6.07, 6.45) is -4.34. The van der Waals surface area contributed by atoms with E-state index in [2.05, 4.69) is 5.43 Å². The van der Waals surface area contributed by atoms with Crippen LogP contribution in [0.3, 0.4) is 0 Å². The van der Waals surface area contributed by atoms with Gasteiger partial charge in [0.05, 0.1) is 6.04 Å². The van der Waals surface area contributed by atoms with Gasteiger partial charge in [-0.05, 0) is 24.3 Å². The van der Waals surface area contributed by atoms with Crippen LogP contribution in [0, 0.1) is 0 Å². The molecule has 0 saturated carbocycles. The number of nitrogens with one attached hydrogen (secondary N) is 1. The first-order valence-electron chi connectivity index (χ1n) is 4.59. The van der Waals surface area contributed by atoms with Crippen LogP contribution in [0.1, 0.15) is 30.2 Å². The van der Waals surface area contributed by atoms with Crippen molar-refractivity contribution in [3.8, 4) is 0 Å². The molecule has 0 aliphatic rings. The Morgan fingerprint density at radius 1 is 1.47 bits per heavy atom. The van der Waals surface area contributed by atoms with Gasteiger partial charge in [-0.2, -0.15) is 13.2 Å². The first kappa shape index (κ1) is 12.5. The summed E-state index contributed by atoms with van der Waals surface area (Å²) in [5, 5.41) is 1.88. The standard InChI is InChI=1S/C9H13F3N2S/c10-9(11,12)5-1-3-7(14-13)8-4-2-6-15-8/h2,4,6-7,14H,1,3,5,13H2. The summed E-state index contributed by atoms with van der Waals surface area (Å²) in [4.78, 5) is 0.972. The van der Waals surface area contributed by atoms with E-state index in [4.69, 9.17) is 5.84 Å². The number of halogens is 3. The minimum atomic E-state index is -4.07. The molecule has 0 spiro atoms. The van der Waals surface area contributed by atoms with Crippen molar-refractivity contribution in [2.24, 2.45) is 5.84 Å². The molecule has 0 radical (unpaired) electrons. The molecule has 1 unspecified atom stereocenters. The average molecular weight is 238 g/mol. The molecule has 1 heterocycles. The van der Waals surface area contributed by atoms with Gasteiger partial charge in [-0.3, -0.25) is 11.3 Å². The van der Waals surface area contributed by atoms with Crippen LogP contribution in [0.5, 0.6) is 0 Å². The predicted molar refractivity (Wildman–Crippen MR) is 54.3 cm³/mol. The topological polar surface area (TPSA) is 38.0 Å². The van der Waals surface area contributed by atoms with Crippen LogP contribution in [0.25, 0.3) is 0 Å². The van der Waals surface area contributed by atoms with E-state index in [0.717, 1.165) is 4.88 Å². The van der Waals surface area contributed by atoms with E-state index in [1.807, 2.05) is 17.5 Å². The molecule has 1 atom stereocenters. The summed E-state index contributed by atoms with van der Waals surface area (Å²) in [5.74, 6) is 5.29. The van der Waals surface area contributed by atoms with E-state index in [0.29, 0.717) is 6.42 Å². The Hall–Kier alpha value is -0.590. The lowest BCUT2D eigenvalue weighted by Gasteiger charge is -2.14. The number of hydrazine groups is 1. The lowest BCUT2D eigenvalue weighted by Crippen LogP contribution is -2.27. The summed E-state index contributed by atoms with van der Waals surface area (Å²) in [7, 11) is 0. The van der Waals surface area contributed by atoms with Gasteiger partial charge in [-0.15, -0.1) is 11.3 Å². The monoisotopic (exact) mass is 238 g/mol. The van der Waals surface area contributed by atoms with E-state index < -0.39 is 12.6 Å². The first-order chi connectivity index (χ1) is 7.03. The van der Waals surface area contributed by atoms with Crippen molar-refractivity contribution in [3.05, 3.63) is 22.4 Å². The van der Waals surface area contributed by atoms with Crippen molar-refractivity contribution >= 4 is 11.3 Å². The number of nitrogens with two attached hydrogens (primary N) is 1. The molecule has 0 aliphatic heterocycles. The van der Waals surface area contributed by atoms with Crippen LogP contribution in [0.4, 0.5) is 13.2 Å². The number of hydrogen-bond donors (Lipinski definition) is 2. The summed E-state index contributed by atoms with van der Waals surface area (Å²) in [6.45, 7) is 0. The van der Waals surface area contributed by atoms with E-state index in [-0.39, 0.29) is 12.5 Å². The maximum absolute atomic E-state index is 11.9. The predicted octanol–water partition coefficient (Wildman–Crippen LogP) is 2.99. The highest BCUT2D eigenvalue weighted by atomic mass is 32.1. The lowest BCUT2D eigenvalue weighted by atomic mass is 10.1. The molecule has 1 rings (SSSR count). The van der Waals surface area contributed by atoms with Crippen LogP contribution in [0.15, 0.2) is 17.5 Å². The first-order valence-corrected chi connectivity index (χ1v) is 5.47. The summed E-state index contributed by atoms with van der Waals surface area (Å²) < 4.78 is 35.7. The van der Waals surface area contributed by atoms with Crippen LogP contribution >= 0.6 is 11.3 Å². The highest BCUT2D eigenvalue weighted by Gasteiger charge is 2.26. The van der Waals surface area contributed by atoms with Crippen LogP contribution in [-0.4, -0.2) is 6.18 Å². The van der Waals surface area contributed by atoms with Crippen LogP contribution in [-0.2, 0) is 0 Å². The molecule has 0 bridgehead atoms. The molecule has 0 saturated heterocycles. The lowest BCUT2D eigenvalue weighted by molar-refractivity contribution is -0.135. The zero-order chi connectivity index (χ0) is 11.3. The number of thiophene rings is 1. The Kier molecular flexibility index (Phi) is 4.56. The molecule has 1 aromatic heterocycles. The third-order valence-electron chi connectivity index (χ3n) is 2.04. The molecule has 0 aromatic carbocycles.